The number of benzene rings is 10. The van der Waals surface area contributed by atoms with Crippen molar-refractivity contribution in [1.82, 2.24) is 0 Å². The highest BCUT2D eigenvalue weighted by Crippen LogP contribution is 2.54. The quantitative estimate of drug-likeness (QED) is 0.161. The molecular weight excluding hydrogens is 661 g/mol. The first-order valence-electron chi connectivity index (χ1n) is 19.3. The molecule has 0 aromatic heterocycles. The van der Waals surface area contributed by atoms with Crippen LogP contribution in [0.4, 0.5) is 0 Å². The zero-order valence-electron chi connectivity index (χ0n) is 31.0. The molecule has 0 aliphatic heterocycles. The van der Waals surface area contributed by atoms with Crippen LogP contribution < -0.4 is 0 Å². The Bertz CT molecular complexity index is 3090. The van der Waals surface area contributed by atoms with Crippen molar-refractivity contribution < 1.29 is 0 Å². The van der Waals surface area contributed by atoms with Crippen molar-refractivity contribution in [2.75, 3.05) is 0 Å². The van der Waals surface area contributed by atoms with E-state index in [1.807, 2.05) is 0 Å². The highest BCUT2D eigenvalue weighted by Gasteiger charge is 2.37. The van der Waals surface area contributed by atoms with E-state index in [1.54, 1.807) is 0 Å². The third-order valence-electron chi connectivity index (χ3n) is 12.3. The summed E-state index contributed by atoms with van der Waals surface area (Å²) in [6.45, 7) is 4.79. The van der Waals surface area contributed by atoms with Gasteiger partial charge in [-0.1, -0.05) is 196 Å². The van der Waals surface area contributed by atoms with Gasteiger partial charge >= 0.3 is 0 Å². The molecule has 258 valence electrons. The van der Waals surface area contributed by atoms with E-state index in [2.05, 4.69) is 208 Å². The van der Waals surface area contributed by atoms with Crippen LogP contribution >= 0.6 is 0 Å². The van der Waals surface area contributed by atoms with Crippen molar-refractivity contribution in [2.24, 2.45) is 0 Å². The average molecular weight is 699 g/mol. The molecular formula is C55H38. The van der Waals surface area contributed by atoms with Gasteiger partial charge in [0.05, 0.1) is 0 Å². The van der Waals surface area contributed by atoms with Gasteiger partial charge in [-0.05, 0) is 122 Å². The fraction of sp³-hybridized carbons (Fsp3) is 0.0545. The maximum atomic E-state index is 2.45. The Balaban J connectivity index is 1.10. The highest BCUT2D eigenvalue weighted by molar-refractivity contribution is 6.24. The molecule has 0 atom stereocenters. The van der Waals surface area contributed by atoms with Gasteiger partial charge in [0.15, 0.2) is 0 Å². The summed E-state index contributed by atoms with van der Waals surface area (Å²) in [6.07, 6.45) is 0. The number of hydrogen-bond donors (Lipinski definition) is 0. The predicted octanol–water partition coefficient (Wildman–Crippen LogP) is 15.3. The molecule has 10 aromatic rings. The minimum atomic E-state index is -0.126. The van der Waals surface area contributed by atoms with Gasteiger partial charge in [0.1, 0.15) is 0 Å². The molecule has 0 nitrogen and oxygen atoms in total. The molecule has 0 spiro atoms. The Morgan fingerprint density at radius 3 is 1.53 bits per heavy atom. The Hall–Kier alpha value is -6.76. The molecule has 55 heavy (non-hydrogen) atoms. The second-order valence-electron chi connectivity index (χ2n) is 15.6. The number of fused-ring (bicyclic) bond motifs is 8. The van der Waals surface area contributed by atoms with Crippen LogP contribution in [0.5, 0.6) is 0 Å². The highest BCUT2D eigenvalue weighted by atomic mass is 14.4. The largest absolute Gasteiger partial charge is 0.0622 e. The molecule has 0 fully saturated rings. The first-order valence-corrected chi connectivity index (χ1v) is 19.3. The van der Waals surface area contributed by atoms with Gasteiger partial charge < -0.3 is 0 Å². The molecule has 0 N–H and O–H groups in total. The zero-order valence-corrected chi connectivity index (χ0v) is 31.0. The van der Waals surface area contributed by atoms with Crippen molar-refractivity contribution in [2.45, 2.75) is 19.3 Å². The normalized spacial score (nSPS) is 13.1. The lowest BCUT2D eigenvalue weighted by atomic mass is 9.80. The Morgan fingerprint density at radius 2 is 0.800 bits per heavy atom. The zero-order chi connectivity index (χ0) is 36.7. The molecule has 1 aliphatic rings. The maximum Gasteiger partial charge on any atom is 0.0159 e. The van der Waals surface area contributed by atoms with Crippen molar-refractivity contribution >= 4 is 43.1 Å². The van der Waals surface area contributed by atoms with Crippen molar-refractivity contribution in [3.63, 3.8) is 0 Å². The van der Waals surface area contributed by atoms with Crippen LogP contribution in [-0.2, 0) is 5.41 Å². The van der Waals surface area contributed by atoms with Crippen LogP contribution in [-0.4, -0.2) is 0 Å². The van der Waals surface area contributed by atoms with E-state index in [1.165, 1.54) is 110 Å². The standard InChI is InChI=1S/C55H38/c1-55(2)50-32-31-42-43(21-12-22-44(42)54(50)49-30-29-41(34-51(49)55)40-28-25-36-15-6-7-16-39(36)33-40)53-47-19-10-8-17-45(47)52(46-18-9-11-20-48(46)53)38-26-23-37(24-27-38)35-13-4-3-5-14-35/h3-34H,1-2H3. The topological polar surface area (TPSA) is 0 Å². The summed E-state index contributed by atoms with van der Waals surface area (Å²) in [7, 11) is 0. The molecule has 0 saturated carbocycles. The Labute approximate surface area is 322 Å². The molecule has 0 bridgehead atoms. The number of hydrogen-bond acceptors (Lipinski definition) is 0. The molecule has 0 amide bonds. The molecule has 1 aliphatic carbocycles. The van der Waals surface area contributed by atoms with Crippen LogP contribution in [0.25, 0.3) is 98.7 Å². The molecule has 10 aromatic carbocycles. The van der Waals surface area contributed by atoms with Crippen molar-refractivity contribution in [3.05, 3.63) is 205 Å². The monoisotopic (exact) mass is 698 g/mol. The van der Waals surface area contributed by atoms with Gasteiger partial charge in [0, 0.05) is 5.41 Å². The number of rotatable bonds is 4. The smallest absolute Gasteiger partial charge is 0.0159 e. The van der Waals surface area contributed by atoms with Gasteiger partial charge in [0.25, 0.3) is 0 Å². The third-order valence-corrected chi connectivity index (χ3v) is 12.3. The Kier molecular flexibility index (Phi) is 7.00. The first-order chi connectivity index (χ1) is 27.0. The lowest BCUT2D eigenvalue weighted by Gasteiger charge is -2.23. The van der Waals surface area contributed by atoms with Crippen LogP contribution in [0.3, 0.4) is 0 Å². The molecule has 0 radical (unpaired) electrons. The van der Waals surface area contributed by atoms with E-state index >= 15 is 0 Å². The first kappa shape index (κ1) is 31.7. The summed E-state index contributed by atoms with van der Waals surface area (Å²) < 4.78 is 0. The Morgan fingerprint density at radius 1 is 0.273 bits per heavy atom. The summed E-state index contributed by atoms with van der Waals surface area (Å²) in [4.78, 5) is 0. The second kappa shape index (κ2) is 12.1. The minimum absolute atomic E-state index is 0.126. The van der Waals surface area contributed by atoms with Gasteiger partial charge in [0.2, 0.25) is 0 Å². The molecule has 0 heteroatoms. The maximum absolute atomic E-state index is 2.45. The molecule has 0 saturated heterocycles. The van der Waals surface area contributed by atoms with Crippen LogP contribution in [0.2, 0.25) is 0 Å². The minimum Gasteiger partial charge on any atom is -0.0622 e. The van der Waals surface area contributed by atoms with Crippen LogP contribution in [0.1, 0.15) is 25.0 Å². The second-order valence-corrected chi connectivity index (χ2v) is 15.6. The summed E-state index contributed by atoms with van der Waals surface area (Å²) in [5.74, 6) is 0. The van der Waals surface area contributed by atoms with Crippen LogP contribution in [0, 0.1) is 0 Å². The summed E-state index contributed by atoms with van der Waals surface area (Å²) in [6, 6.07) is 72.1. The van der Waals surface area contributed by atoms with Gasteiger partial charge in [-0.2, -0.15) is 0 Å². The van der Waals surface area contributed by atoms with E-state index in [0.717, 1.165) is 0 Å². The predicted molar refractivity (Wildman–Crippen MR) is 236 cm³/mol. The summed E-state index contributed by atoms with van der Waals surface area (Å²) in [5, 5.41) is 10.2. The summed E-state index contributed by atoms with van der Waals surface area (Å²) in [5.41, 5.74) is 15.5. The van der Waals surface area contributed by atoms with Crippen molar-refractivity contribution in [1.29, 1.82) is 0 Å². The molecule has 0 unspecified atom stereocenters. The lowest BCUT2D eigenvalue weighted by molar-refractivity contribution is 0.661. The molecule has 11 rings (SSSR count). The average Bonchev–Trinajstić information content (AvgIpc) is 3.48. The van der Waals surface area contributed by atoms with E-state index in [-0.39, 0.29) is 5.41 Å². The van der Waals surface area contributed by atoms with Gasteiger partial charge in [-0.25, -0.2) is 0 Å². The summed E-state index contributed by atoms with van der Waals surface area (Å²) >= 11 is 0. The SMILES string of the molecule is CC1(C)c2cc(-c3ccc4ccccc4c3)ccc2-c2c1ccc1c(-c3c4ccccc4c(-c4ccc(-c5ccccc5)cc4)c4ccccc34)cccc21. The lowest BCUT2D eigenvalue weighted by Crippen LogP contribution is -2.15. The van der Waals surface area contributed by atoms with Gasteiger partial charge in [-0.3, -0.25) is 0 Å². The molecule has 0 heterocycles. The fourth-order valence-corrected chi connectivity index (χ4v) is 9.55. The van der Waals surface area contributed by atoms with Crippen molar-refractivity contribution in [3.8, 4) is 55.6 Å². The fourth-order valence-electron chi connectivity index (χ4n) is 9.55. The van der Waals surface area contributed by atoms with E-state index < -0.39 is 0 Å². The van der Waals surface area contributed by atoms with E-state index in [9.17, 15) is 0 Å². The van der Waals surface area contributed by atoms with E-state index in [0.29, 0.717) is 0 Å². The van der Waals surface area contributed by atoms with Gasteiger partial charge in [-0.15, -0.1) is 0 Å². The van der Waals surface area contributed by atoms with E-state index in [4.69, 9.17) is 0 Å². The third kappa shape index (κ3) is 4.85. The van der Waals surface area contributed by atoms with Crippen LogP contribution in [0.15, 0.2) is 194 Å².